The monoisotopic (exact) mass is 287 g/mol. The Kier molecular flexibility index (Phi) is 3.23. The highest BCUT2D eigenvalue weighted by molar-refractivity contribution is 5.77. The van der Waals surface area contributed by atoms with Crippen molar-refractivity contribution in [3.8, 4) is 0 Å². The van der Waals surface area contributed by atoms with Gasteiger partial charge < -0.3 is 9.73 Å². The Morgan fingerprint density at radius 1 is 1.29 bits per heavy atom. The molecule has 0 bridgehead atoms. The number of nitrogens with one attached hydrogen (secondary N) is 1. The summed E-state index contributed by atoms with van der Waals surface area (Å²) in [6, 6.07) is 10.6. The molecule has 3 rings (SSSR count). The second-order valence-corrected chi connectivity index (χ2v) is 4.41. The van der Waals surface area contributed by atoms with E-state index in [1.807, 2.05) is 0 Å². The van der Waals surface area contributed by atoms with E-state index in [0.29, 0.717) is 17.6 Å². The number of hydrogen-bond donors (Lipinski definition) is 1. The Labute approximate surface area is 118 Å². The zero-order valence-electron chi connectivity index (χ0n) is 10.7. The molecule has 0 aliphatic rings. The van der Waals surface area contributed by atoms with E-state index < -0.39 is 4.92 Å². The molecule has 1 heterocycles. The standard InChI is InChI=1S/C14H10FN3O3/c15-10-3-1-2-9(6-10)8-16-14-17-12-7-11(18(19)20)4-5-13(12)21-14/h1-7H,8H2,(H,16,17). The molecule has 6 nitrogen and oxygen atoms in total. The van der Waals surface area contributed by atoms with Crippen LogP contribution in [0.3, 0.4) is 0 Å². The van der Waals surface area contributed by atoms with Crippen molar-refractivity contribution in [1.29, 1.82) is 0 Å². The van der Waals surface area contributed by atoms with E-state index in [0.717, 1.165) is 5.56 Å². The third-order valence-electron chi connectivity index (χ3n) is 2.91. The molecule has 0 fully saturated rings. The lowest BCUT2D eigenvalue weighted by Gasteiger charge is -2.01. The Hall–Kier alpha value is -2.96. The lowest BCUT2D eigenvalue weighted by molar-refractivity contribution is -0.384. The van der Waals surface area contributed by atoms with Crippen molar-refractivity contribution in [3.05, 3.63) is 64.0 Å². The highest BCUT2D eigenvalue weighted by atomic mass is 19.1. The first-order chi connectivity index (χ1) is 10.1. The summed E-state index contributed by atoms with van der Waals surface area (Å²) < 4.78 is 18.5. The van der Waals surface area contributed by atoms with Crippen LogP contribution in [-0.2, 0) is 6.54 Å². The molecule has 1 N–H and O–H groups in total. The number of nitro benzene ring substituents is 1. The quantitative estimate of drug-likeness (QED) is 0.586. The largest absolute Gasteiger partial charge is 0.424 e. The molecule has 0 atom stereocenters. The van der Waals surface area contributed by atoms with Crippen LogP contribution in [0.4, 0.5) is 16.1 Å². The Morgan fingerprint density at radius 3 is 2.90 bits per heavy atom. The van der Waals surface area contributed by atoms with Crippen molar-refractivity contribution in [2.45, 2.75) is 6.54 Å². The van der Waals surface area contributed by atoms with E-state index >= 15 is 0 Å². The van der Waals surface area contributed by atoms with E-state index in [2.05, 4.69) is 10.3 Å². The molecular formula is C14H10FN3O3. The van der Waals surface area contributed by atoms with Gasteiger partial charge >= 0.3 is 0 Å². The molecule has 3 aromatic rings. The molecule has 0 spiro atoms. The molecule has 0 amide bonds. The number of rotatable bonds is 4. The van der Waals surface area contributed by atoms with Crippen LogP contribution >= 0.6 is 0 Å². The normalized spacial score (nSPS) is 10.7. The molecule has 0 aliphatic carbocycles. The molecule has 0 saturated carbocycles. The molecule has 21 heavy (non-hydrogen) atoms. The fourth-order valence-corrected chi connectivity index (χ4v) is 1.93. The van der Waals surface area contributed by atoms with Crippen molar-refractivity contribution in [2.24, 2.45) is 0 Å². The van der Waals surface area contributed by atoms with E-state index in [1.165, 1.54) is 30.3 Å². The number of fused-ring (bicyclic) bond motifs is 1. The Balaban J connectivity index is 1.80. The van der Waals surface area contributed by atoms with Crippen molar-refractivity contribution in [3.63, 3.8) is 0 Å². The topological polar surface area (TPSA) is 81.2 Å². The predicted molar refractivity (Wildman–Crippen MR) is 74.4 cm³/mol. The molecule has 0 radical (unpaired) electrons. The number of hydrogen-bond acceptors (Lipinski definition) is 5. The van der Waals surface area contributed by atoms with Crippen LogP contribution in [0.15, 0.2) is 46.9 Å². The molecule has 7 heteroatoms. The van der Waals surface area contributed by atoms with Crippen molar-refractivity contribution >= 4 is 22.8 Å². The van der Waals surface area contributed by atoms with Gasteiger partial charge in [0.15, 0.2) is 5.58 Å². The van der Waals surface area contributed by atoms with Crippen LogP contribution in [0.1, 0.15) is 5.56 Å². The zero-order chi connectivity index (χ0) is 14.8. The van der Waals surface area contributed by atoms with Crippen LogP contribution < -0.4 is 5.32 Å². The summed E-state index contributed by atoms with van der Waals surface area (Å²) >= 11 is 0. The third-order valence-corrected chi connectivity index (χ3v) is 2.91. The third kappa shape index (κ3) is 2.81. The summed E-state index contributed by atoms with van der Waals surface area (Å²) in [7, 11) is 0. The van der Waals surface area contributed by atoms with E-state index in [-0.39, 0.29) is 17.5 Å². The number of nitro groups is 1. The van der Waals surface area contributed by atoms with Gasteiger partial charge in [-0.2, -0.15) is 4.98 Å². The lowest BCUT2D eigenvalue weighted by atomic mass is 10.2. The fourth-order valence-electron chi connectivity index (χ4n) is 1.93. The fraction of sp³-hybridized carbons (Fsp3) is 0.0714. The molecule has 1 aromatic heterocycles. The van der Waals surface area contributed by atoms with Gasteiger partial charge in [-0.25, -0.2) is 4.39 Å². The highest BCUT2D eigenvalue weighted by Gasteiger charge is 2.11. The molecule has 2 aromatic carbocycles. The van der Waals surface area contributed by atoms with Crippen LogP contribution in [0.25, 0.3) is 11.1 Å². The Morgan fingerprint density at radius 2 is 2.14 bits per heavy atom. The maximum absolute atomic E-state index is 13.0. The second-order valence-electron chi connectivity index (χ2n) is 4.41. The summed E-state index contributed by atoms with van der Waals surface area (Å²) in [6.45, 7) is 0.340. The van der Waals surface area contributed by atoms with Crippen LogP contribution in [-0.4, -0.2) is 9.91 Å². The predicted octanol–water partition coefficient (Wildman–Crippen LogP) is 3.49. The molecule has 106 valence electrons. The number of oxazole rings is 1. The summed E-state index contributed by atoms with van der Waals surface area (Å²) in [4.78, 5) is 14.3. The van der Waals surface area contributed by atoms with Crippen molar-refractivity contribution < 1.29 is 13.7 Å². The number of non-ortho nitro benzene ring substituents is 1. The smallest absolute Gasteiger partial charge is 0.295 e. The summed E-state index contributed by atoms with van der Waals surface area (Å²) in [5.74, 6) is -0.317. The number of benzene rings is 2. The first-order valence-electron chi connectivity index (χ1n) is 6.15. The number of halogens is 1. The number of aromatic nitrogens is 1. The van der Waals surface area contributed by atoms with Gasteiger partial charge in [0.25, 0.3) is 11.7 Å². The average Bonchev–Trinajstić information content (AvgIpc) is 2.87. The molecule has 0 saturated heterocycles. The van der Waals surface area contributed by atoms with Crippen molar-refractivity contribution in [1.82, 2.24) is 4.98 Å². The molecule has 0 aliphatic heterocycles. The van der Waals surface area contributed by atoms with Gasteiger partial charge in [-0.15, -0.1) is 0 Å². The van der Waals surface area contributed by atoms with Gasteiger partial charge in [-0.3, -0.25) is 10.1 Å². The SMILES string of the molecule is O=[N+]([O-])c1ccc2oc(NCc3cccc(F)c3)nc2c1. The minimum absolute atomic E-state index is 0.0486. The number of nitrogens with zero attached hydrogens (tertiary/aromatic N) is 2. The van der Waals surface area contributed by atoms with Crippen LogP contribution in [0.5, 0.6) is 0 Å². The van der Waals surface area contributed by atoms with Gasteiger partial charge in [0.05, 0.1) is 4.92 Å². The van der Waals surface area contributed by atoms with Gasteiger partial charge in [0.1, 0.15) is 11.3 Å². The second kappa shape index (κ2) is 5.20. The molecule has 0 unspecified atom stereocenters. The maximum Gasteiger partial charge on any atom is 0.295 e. The molecular weight excluding hydrogens is 277 g/mol. The summed E-state index contributed by atoms with van der Waals surface area (Å²) in [5, 5.41) is 13.6. The van der Waals surface area contributed by atoms with E-state index in [4.69, 9.17) is 4.42 Å². The zero-order valence-corrected chi connectivity index (χ0v) is 10.7. The summed E-state index contributed by atoms with van der Waals surface area (Å²) in [6.07, 6.45) is 0. The van der Waals surface area contributed by atoms with E-state index in [1.54, 1.807) is 12.1 Å². The van der Waals surface area contributed by atoms with Gasteiger partial charge in [0.2, 0.25) is 0 Å². The maximum atomic E-state index is 13.0. The lowest BCUT2D eigenvalue weighted by Crippen LogP contribution is -1.99. The van der Waals surface area contributed by atoms with Gasteiger partial charge in [-0.05, 0) is 23.8 Å². The van der Waals surface area contributed by atoms with Crippen LogP contribution in [0.2, 0.25) is 0 Å². The first-order valence-corrected chi connectivity index (χ1v) is 6.15. The van der Waals surface area contributed by atoms with Crippen molar-refractivity contribution in [2.75, 3.05) is 5.32 Å². The minimum Gasteiger partial charge on any atom is -0.424 e. The first kappa shape index (κ1) is 13.0. The summed E-state index contributed by atoms with van der Waals surface area (Å²) in [5.41, 5.74) is 1.53. The average molecular weight is 287 g/mol. The van der Waals surface area contributed by atoms with Gasteiger partial charge in [0, 0.05) is 18.7 Å². The highest BCUT2D eigenvalue weighted by Crippen LogP contribution is 2.23. The van der Waals surface area contributed by atoms with Crippen LogP contribution in [0, 0.1) is 15.9 Å². The van der Waals surface area contributed by atoms with Gasteiger partial charge in [-0.1, -0.05) is 12.1 Å². The Bertz CT molecular complexity index is 816. The van der Waals surface area contributed by atoms with E-state index in [9.17, 15) is 14.5 Å². The number of anilines is 1. The minimum atomic E-state index is -0.492.